The van der Waals surface area contributed by atoms with Gasteiger partial charge in [0, 0.05) is 13.0 Å². The third-order valence-corrected chi connectivity index (χ3v) is 1.39. The molecule has 0 bridgehead atoms. The van der Waals surface area contributed by atoms with Crippen LogP contribution >= 0.6 is 0 Å². The van der Waals surface area contributed by atoms with Crippen molar-refractivity contribution in [3.8, 4) is 0 Å². The minimum Gasteiger partial charge on any atom is -0.354 e. The number of carbonyl (C=O) groups is 1. The third-order valence-electron chi connectivity index (χ3n) is 1.39. The highest BCUT2D eigenvalue weighted by Crippen LogP contribution is 1.94. The molecule has 0 aliphatic heterocycles. The van der Waals surface area contributed by atoms with Crippen molar-refractivity contribution in [3.63, 3.8) is 0 Å². The maximum Gasteiger partial charge on any atom is 0.278 e. The van der Waals surface area contributed by atoms with Crippen LogP contribution in [0.4, 0.5) is 0 Å². The van der Waals surface area contributed by atoms with Crippen molar-refractivity contribution in [2.45, 2.75) is 19.9 Å². The van der Waals surface area contributed by atoms with Crippen molar-refractivity contribution in [2.24, 2.45) is 5.92 Å². The van der Waals surface area contributed by atoms with E-state index in [0.29, 0.717) is 5.92 Å². The highest BCUT2D eigenvalue weighted by Gasteiger charge is 2.18. The highest BCUT2D eigenvalue weighted by atomic mass is 16.2. The molecule has 0 aliphatic carbocycles. The lowest BCUT2D eigenvalue weighted by molar-refractivity contribution is -0.414. The van der Waals surface area contributed by atoms with E-state index in [1.807, 2.05) is 13.8 Å². The minimum absolute atomic E-state index is 0.0185. The van der Waals surface area contributed by atoms with E-state index in [4.69, 9.17) is 0 Å². The summed E-state index contributed by atoms with van der Waals surface area (Å²) in [6, 6.07) is -0.116. The molecular formula is C6H15N2O+. The van der Waals surface area contributed by atoms with Gasteiger partial charge in [-0.1, -0.05) is 13.8 Å². The van der Waals surface area contributed by atoms with Gasteiger partial charge in [0.25, 0.3) is 5.91 Å². The second kappa shape index (κ2) is 3.45. The van der Waals surface area contributed by atoms with Crippen LogP contribution in [-0.2, 0) is 4.79 Å². The van der Waals surface area contributed by atoms with E-state index in [-0.39, 0.29) is 11.9 Å². The molecule has 0 unspecified atom stereocenters. The number of nitrogens with one attached hydrogen (secondary N) is 1. The first-order valence-corrected chi connectivity index (χ1v) is 3.14. The summed E-state index contributed by atoms with van der Waals surface area (Å²) < 4.78 is 0. The molecule has 3 heteroatoms. The summed E-state index contributed by atoms with van der Waals surface area (Å²) in [5.74, 6) is 0.343. The first-order valence-electron chi connectivity index (χ1n) is 3.14. The predicted octanol–water partition coefficient (Wildman–Crippen LogP) is -1.00. The number of carbonyl (C=O) groups excluding carboxylic acids is 1. The van der Waals surface area contributed by atoms with E-state index in [1.54, 1.807) is 7.05 Å². The highest BCUT2D eigenvalue weighted by molar-refractivity contribution is 5.79. The molecule has 54 valence electrons. The number of quaternary nitrogens is 1. The molecule has 0 aliphatic rings. The summed E-state index contributed by atoms with van der Waals surface area (Å²) in [5.41, 5.74) is 3.70. The Balaban J connectivity index is 3.72. The molecule has 0 aromatic carbocycles. The lowest BCUT2D eigenvalue weighted by Gasteiger charge is -2.08. The van der Waals surface area contributed by atoms with Gasteiger partial charge in [0.15, 0.2) is 6.04 Å². The lowest BCUT2D eigenvalue weighted by Crippen LogP contribution is -2.69. The summed E-state index contributed by atoms with van der Waals surface area (Å²) in [5, 5.41) is 2.54. The molecule has 0 spiro atoms. The second-order valence-electron chi connectivity index (χ2n) is 2.46. The van der Waals surface area contributed by atoms with E-state index in [9.17, 15) is 4.79 Å². The predicted molar refractivity (Wildman–Crippen MR) is 35.6 cm³/mol. The van der Waals surface area contributed by atoms with Gasteiger partial charge in [-0.15, -0.1) is 0 Å². The zero-order valence-electron chi connectivity index (χ0n) is 6.27. The fraction of sp³-hybridized carbons (Fsp3) is 0.833. The second-order valence-corrected chi connectivity index (χ2v) is 2.46. The van der Waals surface area contributed by atoms with Crippen LogP contribution in [0.5, 0.6) is 0 Å². The Kier molecular flexibility index (Phi) is 3.24. The molecule has 0 saturated heterocycles. The van der Waals surface area contributed by atoms with Crippen molar-refractivity contribution in [3.05, 3.63) is 0 Å². The Hall–Kier alpha value is -0.570. The minimum atomic E-state index is -0.116. The van der Waals surface area contributed by atoms with Crippen LogP contribution < -0.4 is 11.1 Å². The Morgan fingerprint density at radius 2 is 2.00 bits per heavy atom. The number of rotatable bonds is 2. The van der Waals surface area contributed by atoms with Crippen LogP contribution in [0.3, 0.4) is 0 Å². The van der Waals surface area contributed by atoms with Crippen molar-refractivity contribution in [1.82, 2.24) is 5.32 Å². The smallest absolute Gasteiger partial charge is 0.278 e. The molecule has 4 N–H and O–H groups in total. The summed E-state index contributed by atoms with van der Waals surface area (Å²) in [6.07, 6.45) is 0. The van der Waals surface area contributed by atoms with Gasteiger partial charge in [0.05, 0.1) is 0 Å². The van der Waals surface area contributed by atoms with Crippen LogP contribution in [0, 0.1) is 5.92 Å². The quantitative estimate of drug-likeness (QED) is 0.496. The molecule has 0 rings (SSSR count). The Morgan fingerprint density at radius 1 is 1.56 bits per heavy atom. The molecule has 0 heterocycles. The summed E-state index contributed by atoms with van der Waals surface area (Å²) >= 11 is 0. The van der Waals surface area contributed by atoms with E-state index in [0.717, 1.165) is 0 Å². The average Bonchev–Trinajstić information content (AvgIpc) is 1.84. The molecule has 0 aromatic heterocycles. The normalized spacial score (nSPS) is 13.4. The molecule has 0 aromatic rings. The SMILES string of the molecule is CNC(=O)[C@@H]([NH3+])C(C)C. The molecule has 0 saturated carbocycles. The van der Waals surface area contributed by atoms with Gasteiger partial charge in [0.2, 0.25) is 0 Å². The molecule has 3 nitrogen and oxygen atoms in total. The number of hydrogen-bond donors (Lipinski definition) is 2. The molecule has 0 radical (unpaired) electrons. The van der Waals surface area contributed by atoms with E-state index >= 15 is 0 Å². The topological polar surface area (TPSA) is 56.7 Å². The molecular weight excluding hydrogens is 116 g/mol. The zero-order chi connectivity index (χ0) is 7.44. The van der Waals surface area contributed by atoms with Crippen LogP contribution in [0.2, 0.25) is 0 Å². The van der Waals surface area contributed by atoms with E-state index in [2.05, 4.69) is 11.1 Å². The van der Waals surface area contributed by atoms with Gasteiger partial charge in [-0.3, -0.25) is 4.79 Å². The molecule has 1 atom stereocenters. The maximum absolute atomic E-state index is 10.8. The summed E-state index contributed by atoms with van der Waals surface area (Å²) in [4.78, 5) is 10.8. The standard InChI is InChI=1S/C6H14N2O/c1-4(2)5(7)6(9)8-3/h4-5H,7H2,1-3H3,(H,8,9)/p+1/t5-/m0/s1. The van der Waals surface area contributed by atoms with Crippen LogP contribution in [0.15, 0.2) is 0 Å². The van der Waals surface area contributed by atoms with Gasteiger partial charge in [-0.25, -0.2) is 0 Å². The largest absolute Gasteiger partial charge is 0.354 e. The lowest BCUT2D eigenvalue weighted by atomic mass is 10.1. The Bertz CT molecular complexity index is 101. The summed E-state index contributed by atoms with van der Waals surface area (Å²) in [7, 11) is 1.63. The Labute approximate surface area is 55.6 Å². The van der Waals surface area contributed by atoms with Crippen LogP contribution in [-0.4, -0.2) is 19.0 Å². The van der Waals surface area contributed by atoms with Crippen molar-refractivity contribution in [2.75, 3.05) is 7.05 Å². The first kappa shape index (κ1) is 8.43. The molecule has 0 fully saturated rings. The average molecular weight is 131 g/mol. The third kappa shape index (κ3) is 2.46. The first-order chi connectivity index (χ1) is 4.09. The fourth-order valence-electron chi connectivity index (χ4n) is 0.488. The van der Waals surface area contributed by atoms with Crippen molar-refractivity contribution >= 4 is 5.91 Å². The number of amides is 1. The van der Waals surface area contributed by atoms with Gasteiger partial charge in [-0.05, 0) is 0 Å². The van der Waals surface area contributed by atoms with Gasteiger partial charge >= 0.3 is 0 Å². The number of likely N-dealkylation sites (N-methyl/N-ethyl adjacent to an activating group) is 1. The van der Waals surface area contributed by atoms with E-state index in [1.165, 1.54) is 0 Å². The number of hydrogen-bond acceptors (Lipinski definition) is 1. The monoisotopic (exact) mass is 131 g/mol. The van der Waals surface area contributed by atoms with Gasteiger partial charge in [-0.2, -0.15) is 0 Å². The van der Waals surface area contributed by atoms with Crippen LogP contribution in [0.1, 0.15) is 13.8 Å². The fourth-order valence-corrected chi connectivity index (χ4v) is 0.488. The summed E-state index contributed by atoms with van der Waals surface area (Å²) in [6.45, 7) is 3.96. The van der Waals surface area contributed by atoms with Gasteiger partial charge in [0.1, 0.15) is 0 Å². The van der Waals surface area contributed by atoms with Crippen molar-refractivity contribution in [1.29, 1.82) is 0 Å². The zero-order valence-corrected chi connectivity index (χ0v) is 6.27. The van der Waals surface area contributed by atoms with Crippen LogP contribution in [0.25, 0.3) is 0 Å². The molecule has 1 amide bonds. The maximum atomic E-state index is 10.8. The van der Waals surface area contributed by atoms with Crippen molar-refractivity contribution < 1.29 is 10.5 Å². The Morgan fingerprint density at radius 3 is 2.11 bits per heavy atom. The van der Waals surface area contributed by atoms with E-state index < -0.39 is 0 Å². The molecule has 9 heavy (non-hydrogen) atoms. The van der Waals surface area contributed by atoms with Gasteiger partial charge < -0.3 is 11.1 Å².